The maximum absolute atomic E-state index is 11.4. The molecule has 2 heterocycles. The number of aromatic nitrogens is 1. The molecule has 0 saturated heterocycles. The zero-order valence-electron chi connectivity index (χ0n) is 10.2. The van der Waals surface area contributed by atoms with Gasteiger partial charge in [-0.25, -0.2) is 4.98 Å². The van der Waals surface area contributed by atoms with E-state index in [9.17, 15) is 14.4 Å². The molecule has 0 aliphatic rings. The minimum absolute atomic E-state index is 0.102. The monoisotopic (exact) mass is 287 g/mol. The molecule has 0 aliphatic heterocycles. The average molecular weight is 287 g/mol. The van der Waals surface area contributed by atoms with Gasteiger partial charge in [-0.3, -0.25) is 4.57 Å². The van der Waals surface area contributed by atoms with Gasteiger partial charge in [0.25, 0.3) is 0 Å². The fourth-order valence-electron chi connectivity index (χ4n) is 1.71. The quantitative estimate of drug-likeness (QED) is 0.848. The Bertz CT molecular complexity index is 610. The van der Waals surface area contributed by atoms with Gasteiger partial charge in [0, 0.05) is 4.88 Å². The van der Waals surface area contributed by atoms with Crippen LogP contribution in [0.1, 0.15) is 29.7 Å². The number of hydrogen-bond donors (Lipinski definition) is 2. The third kappa shape index (κ3) is 2.42. The number of hydrogen-bond acceptors (Lipinski definition) is 4. The maximum Gasteiger partial charge on any atom is 0.360 e. The van der Waals surface area contributed by atoms with Crippen molar-refractivity contribution < 1.29 is 18.8 Å². The molecule has 0 aromatic carbocycles. The normalized spacial score (nSPS) is 12.3. The number of thiazole rings is 1. The lowest BCUT2D eigenvalue weighted by molar-refractivity contribution is 0.387. The van der Waals surface area contributed by atoms with Crippen LogP contribution in [0.3, 0.4) is 0 Å². The van der Waals surface area contributed by atoms with Crippen molar-refractivity contribution in [3.05, 3.63) is 22.2 Å². The largest absolute Gasteiger partial charge is 0.462 e. The van der Waals surface area contributed by atoms with Gasteiger partial charge in [0.1, 0.15) is 11.0 Å². The van der Waals surface area contributed by atoms with E-state index >= 15 is 0 Å². The lowest BCUT2D eigenvalue weighted by Gasteiger charge is -2.06. The molecule has 0 radical (unpaired) electrons. The summed E-state index contributed by atoms with van der Waals surface area (Å²) in [5, 5.41) is 0.747. The SMILES string of the molecule is Cc1nc(-c2occc2P(=O)(O)O)c(C(C)C)s1. The molecule has 2 rings (SSSR count). The number of nitrogens with zero attached hydrogens (tertiary/aromatic N) is 1. The molecule has 0 saturated carbocycles. The number of aryl methyl sites for hydroxylation is 1. The number of furan rings is 1. The predicted molar refractivity (Wildman–Crippen MR) is 70.3 cm³/mol. The first-order valence-electron chi connectivity index (χ1n) is 5.42. The molecule has 0 bridgehead atoms. The standard InChI is InChI=1S/C11H14NO4PS/c1-6(2)11-9(12-7(3)18-11)10-8(4-5-16-10)17(13,14)15/h4-6H,1-3H3,(H2,13,14,15). The van der Waals surface area contributed by atoms with Gasteiger partial charge in [-0.1, -0.05) is 13.8 Å². The lowest BCUT2D eigenvalue weighted by atomic mass is 10.1. The molecule has 7 heteroatoms. The Morgan fingerprint density at radius 1 is 1.44 bits per heavy atom. The fraction of sp³-hybridized carbons (Fsp3) is 0.364. The number of rotatable bonds is 3. The van der Waals surface area contributed by atoms with Crippen LogP contribution in [0.2, 0.25) is 0 Å². The van der Waals surface area contributed by atoms with Gasteiger partial charge in [0.2, 0.25) is 0 Å². The minimum atomic E-state index is -4.34. The van der Waals surface area contributed by atoms with E-state index in [1.807, 2.05) is 20.8 Å². The molecular formula is C11H14NO4PS. The van der Waals surface area contributed by atoms with Crippen LogP contribution in [-0.2, 0) is 4.57 Å². The molecule has 0 amide bonds. The summed E-state index contributed by atoms with van der Waals surface area (Å²) in [6.07, 6.45) is 1.28. The van der Waals surface area contributed by atoms with Crippen molar-refractivity contribution in [2.24, 2.45) is 0 Å². The lowest BCUT2D eigenvalue weighted by Crippen LogP contribution is -2.05. The molecule has 2 N–H and O–H groups in total. The summed E-state index contributed by atoms with van der Waals surface area (Å²) in [5.74, 6) is 0.400. The van der Waals surface area contributed by atoms with E-state index in [0.717, 1.165) is 9.88 Å². The molecular weight excluding hydrogens is 273 g/mol. The molecule has 0 fully saturated rings. The van der Waals surface area contributed by atoms with Gasteiger partial charge < -0.3 is 14.2 Å². The second-order valence-electron chi connectivity index (χ2n) is 4.28. The van der Waals surface area contributed by atoms with E-state index in [-0.39, 0.29) is 17.0 Å². The van der Waals surface area contributed by atoms with Crippen LogP contribution in [0.4, 0.5) is 0 Å². The Labute approximate surface area is 109 Å². The first kappa shape index (κ1) is 13.5. The van der Waals surface area contributed by atoms with Gasteiger partial charge in [-0.15, -0.1) is 11.3 Å². The molecule has 0 aliphatic carbocycles. The van der Waals surface area contributed by atoms with Crippen molar-refractivity contribution in [2.45, 2.75) is 26.7 Å². The Balaban J connectivity index is 2.63. The fourth-order valence-corrected chi connectivity index (χ4v) is 3.31. The van der Waals surface area contributed by atoms with Crippen molar-refractivity contribution in [2.75, 3.05) is 0 Å². The summed E-state index contributed by atoms with van der Waals surface area (Å²) in [5.41, 5.74) is 0.538. The summed E-state index contributed by atoms with van der Waals surface area (Å²) in [6, 6.07) is 1.30. The van der Waals surface area contributed by atoms with Gasteiger partial charge in [0.05, 0.1) is 11.3 Å². The molecule has 5 nitrogen and oxygen atoms in total. The van der Waals surface area contributed by atoms with Gasteiger partial charge in [0.15, 0.2) is 5.76 Å². The molecule has 2 aromatic rings. The highest BCUT2D eigenvalue weighted by Crippen LogP contribution is 2.41. The highest BCUT2D eigenvalue weighted by atomic mass is 32.1. The van der Waals surface area contributed by atoms with Crippen LogP contribution in [0.15, 0.2) is 16.7 Å². The van der Waals surface area contributed by atoms with Crippen LogP contribution in [0.5, 0.6) is 0 Å². The molecule has 0 spiro atoms. The highest BCUT2D eigenvalue weighted by molar-refractivity contribution is 7.60. The van der Waals surface area contributed by atoms with Crippen LogP contribution in [-0.4, -0.2) is 14.8 Å². The van der Waals surface area contributed by atoms with Gasteiger partial charge >= 0.3 is 7.60 Å². The van der Waals surface area contributed by atoms with E-state index in [1.165, 1.54) is 23.7 Å². The summed E-state index contributed by atoms with van der Waals surface area (Å²) in [7, 11) is -4.34. The van der Waals surface area contributed by atoms with Crippen molar-refractivity contribution in [1.82, 2.24) is 4.98 Å². The second-order valence-corrected chi connectivity index (χ2v) is 7.08. The molecule has 98 valence electrons. The van der Waals surface area contributed by atoms with E-state index in [2.05, 4.69) is 4.98 Å². The van der Waals surface area contributed by atoms with Crippen molar-refractivity contribution in [3.63, 3.8) is 0 Å². The summed E-state index contributed by atoms with van der Waals surface area (Å²) in [4.78, 5) is 23.9. The van der Waals surface area contributed by atoms with Crippen LogP contribution >= 0.6 is 18.9 Å². The van der Waals surface area contributed by atoms with Crippen LogP contribution < -0.4 is 5.30 Å². The Kier molecular flexibility index (Phi) is 3.47. The minimum Gasteiger partial charge on any atom is -0.462 e. The van der Waals surface area contributed by atoms with Gasteiger partial charge in [-0.2, -0.15) is 0 Å². The molecule has 0 unspecified atom stereocenters. The first-order chi connectivity index (χ1) is 8.30. The molecule has 18 heavy (non-hydrogen) atoms. The first-order valence-corrected chi connectivity index (χ1v) is 7.85. The maximum atomic E-state index is 11.4. The third-order valence-corrected chi connectivity index (χ3v) is 4.71. The second kappa shape index (κ2) is 4.63. The Hall–Kier alpha value is -0.940. The average Bonchev–Trinajstić information content (AvgIpc) is 2.80. The van der Waals surface area contributed by atoms with E-state index in [0.29, 0.717) is 5.69 Å². The Morgan fingerprint density at radius 3 is 2.67 bits per heavy atom. The summed E-state index contributed by atoms with van der Waals surface area (Å²) < 4.78 is 16.6. The summed E-state index contributed by atoms with van der Waals surface area (Å²) in [6.45, 7) is 5.88. The van der Waals surface area contributed by atoms with Crippen molar-refractivity contribution in [3.8, 4) is 11.5 Å². The van der Waals surface area contributed by atoms with Crippen molar-refractivity contribution in [1.29, 1.82) is 0 Å². The zero-order chi connectivity index (χ0) is 13.5. The Morgan fingerprint density at radius 2 is 2.11 bits per heavy atom. The highest BCUT2D eigenvalue weighted by Gasteiger charge is 2.28. The van der Waals surface area contributed by atoms with Crippen LogP contribution in [0.25, 0.3) is 11.5 Å². The van der Waals surface area contributed by atoms with Crippen molar-refractivity contribution >= 4 is 24.2 Å². The van der Waals surface area contributed by atoms with Crippen LogP contribution in [0, 0.1) is 6.92 Å². The smallest absolute Gasteiger partial charge is 0.360 e. The topological polar surface area (TPSA) is 83.6 Å². The van der Waals surface area contributed by atoms with E-state index in [1.54, 1.807) is 0 Å². The van der Waals surface area contributed by atoms with Gasteiger partial charge in [-0.05, 0) is 18.9 Å². The molecule has 2 aromatic heterocycles. The summed E-state index contributed by atoms with van der Waals surface area (Å²) >= 11 is 1.52. The predicted octanol–water partition coefficient (Wildman–Crippen LogP) is 2.64. The molecule has 0 atom stereocenters. The van der Waals surface area contributed by atoms with E-state index < -0.39 is 7.60 Å². The zero-order valence-corrected chi connectivity index (χ0v) is 12.0. The van der Waals surface area contributed by atoms with E-state index in [4.69, 9.17) is 4.42 Å². The third-order valence-electron chi connectivity index (χ3n) is 2.46.